The van der Waals surface area contributed by atoms with Crippen LogP contribution in [-0.2, 0) is 9.47 Å². The lowest BCUT2D eigenvalue weighted by Crippen LogP contribution is -2.36. The summed E-state index contributed by atoms with van der Waals surface area (Å²) in [5.74, 6) is 2.34. The maximum Gasteiger partial charge on any atom is 0.114 e. The van der Waals surface area contributed by atoms with Crippen LogP contribution >= 0.6 is 0 Å². The van der Waals surface area contributed by atoms with Gasteiger partial charge in [-0.15, -0.1) is 6.42 Å². The van der Waals surface area contributed by atoms with Gasteiger partial charge in [0.05, 0.1) is 24.4 Å². The molecule has 0 saturated carbocycles. The first-order valence-electron chi connectivity index (χ1n) is 6.64. The van der Waals surface area contributed by atoms with Crippen molar-refractivity contribution >= 4 is 0 Å². The normalized spacial score (nSPS) is 39.8. The first kappa shape index (κ1) is 14.3. The van der Waals surface area contributed by atoms with E-state index in [0.29, 0.717) is 6.42 Å². The zero-order chi connectivity index (χ0) is 13.8. The highest BCUT2D eigenvalue weighted by molar-refractivity contribution is 5.13. The van der Waals surface area contributed by atoms with Crippen molar-refractivity contribution in [2.75, 3.05) is 0 Å². The first-order valence-corrected chi connectivity index (χ1v) is 6.64. The van der Waals surface area contributed by atoms with Gasteiger partial charge in [-0.1, -0.05) is 25.0 Å². The zero-order valence-electron chi connectivity index (χ0n) is 11.0. The summed E-state index contributed by atoms with van der Waals surface area (Å²) in [6.07, 6.45) is 10.5. The molecule has 2 bridgehead atoms. The molecule has 2 heterocycles. The molecule has 0 aromatic carbocycles. The van der Waals surface area contributed by atoms with Gasteiger partial charge in [-0.05, 0) is 18.6 Å². The number of aliphatic hydroxyl groups is 2. The largest absolute Gasteiger partial charge is 0.386 e. The molecule has 104 valence electrons. The molecular formula is C15H20O4. The van der Waals surface area contributed by atoms with Crippen LogP contribution in [0.15, 0.2) is 24.3 Å². The first-order chi connectivity index (χ1) is 9.15. The van der Waals surface area contributed by atoms with E-state index in [4.69, 9.17) is 15.9 Å². The zero-order valence-corrected chi connectivity index (χ0v) is 11.0. The molecule has 2 N–H and O–H groups in total. The Balaban J connectivity index is 2.13. The van der Waals surface area contributed by atoms with Crippen LogP contribution in [0.25, 0.3) is 0 Å². The Kier molecular flexibility index (Phi) is 4.78. The number of ether oxygens (including phenoxy) is 2. The highest BCUT2D eigenvalue weighted by atomic mass is 16.6. The summed E-state index contributed by atoms with van der Waals surface area (Å²) in [6.45, 7) is 2.01. The molecule has 0 aliphatic carbocycles. The quantitative estimate of drug-likeness (QED) is 0.584. The summed E-state index contributed by atoms with van der Waals surface area (Å²) < 4.78 is 11.6. The Hall–Kier alpha value is -1.12. The van der Waals surface area contributed by atoms with Gasteiger partial charge in [0.25, 0.3) is 0 Å². The van der Waals surface area contributed by atoms with Crippen molar-refractivity contribution in [3.8, 4) is 12.3 Å². The van der Waals surface area contributed by atoms with E-state index in [1.807, 2.05) is 13.0 Å². The van der Waals surface area contributed by atoms with Crippen LogP contribution in [0, 0.1) is 12.3 Å². The molecule has 2 aliphatic rings. The molecule has 0 spiro atoms. The second kappa shape index (κ2) is 6.36. The number of allylic oxidation sites excluding steroid dienone is 1. The van der Waals surface area contributed by atoms with Gasteiger partial charge < -0.3 is 19.7 Å². The monoisotopic (exact) mass is 264 g/mol. The standard InChI is InChI=1S/C15H20O4/c1-3-5-6-12(17)15-14-9-13(19-15)11(16)8-7-10(4-2)18-14/h1,5-8,10-17H,4,9H2,2H3. The van der Waals surface area contributed by atoms with Gasteiger partial charge in [-0.3, -0.25) is 0 Å². The smallest absolute Gasteiger partial charge is 0.114 e. The Bertz CT molecular complexity index is 395. The fraction of sp³-hybridized carbons (Fsp3) is 0.600. The third-order valence-corrected chi connectivity index (χ3v) is 3.55. The van der Waals surface area contributed by atoms with E-state index in [1.54, 1.807) is 6.08 Å². The van der Waals surface area contributed by atoms with E-state index >= 15 is 0 Å². The van der Waals surface area contributed by atoms with Gasteiger partial charge in [0.2, 0.25) is 0 Å². The van der Waals surface area contributed by atoms with Crippen LogP contribution in [0.1, 0.15) is 19.8 Å². The lowest BCUT2D eigenvalue weighted by atomic mass is 10.0. The predicted molar refractivity (Wildman–Crippen MR) is 71.4 cm³/mol. The fourth-order valence-electron chi connectivity index (χ4n) is 2.49. The molecule has 1 fully saturated rings. The molecule has 6 atom stereocenters. The number of aliphatic hydroxyl groups excluding tert-OH is 2. The van der Waals surface area contributed by atoms with E-state index in [-0.39, 0.29) is 18.3 Å². The maximum atomic E-state index is 10.1. The molecule has 2 rings (SSSR count). The summed E-state index contributed by atoms with van der Waals surface area (Å²) in [5, 5.41) is 20.1. The molecule has 0 amide bonds. The number of rotatable bonds is 3. The predicted octanol–water partition coefficient (Wildman–Crippen LogP) is 0.789. The Morgan fingerprint density at radius 2 is 2.21 bits per heavy atom. The fourth-order valence-corrected chi connectivity index (χ4v) is 2.49. The molecule has 0 aromatic heterocycles. The van der Waals surface area contributed by atoms with Crippen molar-refractivity contribution < 1.29 is 19.7 Å². The molecule has 6 unspecified atom stereocenters. The number of hydrogen-bond donors (Lipinski definition) is 2. The van der Waals surface area contributed by atoms with Gasteiger partial charge in [-0.25, -0.2) is 0 Å². The molecule has 19 heavy (non-hydrogen) atoms. The van der Waals surface area contributed by atoms with Crippen LogP contribution in [0.2, 0.25) is 0 Å². The van der Waals surface area contributed by atoms with Crippen LogP contribution in [0.3, 0.4) is 0 Å². The molecule has 0 aromatic rings. The van der Waals surface area contributed by atoms with Gasteiger partial charge in [0.15, 0.2) is 0 Å². The average Bonchev–Trinajstić information content (AvgIpc) is 2.84. The summed E-state index contributed by atoms with van der Waals surface area (Å²) in [7, 11) is 0. The Morgan fingerprint density at radius 1 is 1.42 bits per heavy atom. The minimum atomic E-state index is -0.825. The molecule has 4 heteroatoms. The lowest BCUT2D eigenvalue weighted by Gasteiger charge is -2.25. The number of terminal acetylenes is 1. The van der Waals surface area contributed by atoms with Crippen LogP contribution < -0.4 is 0 Å². The van der Waals surface area contributed by atoms with Crippen molar-refractivity contribution in [1.29, 1.82) is 0 Å². The lowest BCUT2D eigenvalue weighted by molar-refractivity contribution is -0.0886. The van der Waals surface area contributed by atoms with Gasteiger partial charge in [0.1, 0.15) is 12.2 Å². The van der Waals surface area contributed by atoms with Crippen LogP contribution in [-0.4, -0.2) is 46.8 Å². The number of fused-ring (bicyclic) bond motifs is 2. The summed E-state index contributed by atoms with van der Waals surface area (Å²) in [6, 6.07) is 0. The SMILES string of the molecule is C#CC=CC(O)C1OC2CC1OC(CC)C=CC2O. The van der Waals surface area contributed by atoms with E-state index in [1.165, 1.54) is 12.2 Å². The topological polar surface area (TPSA) is 58.9 Å². The van der Waals surface area contributed by atoms with Crippen molar-refractivity contribution in [2.45, 2.75) is 56.4 Å². The highest BCUT2D eigenvalue weighted by Crippen LogP contribution is 2.31. The van der Waals surface area contributed by atoms with Crippen molar-refractivity contribution in [1.82, 2.24) is 0 Å². The van der Waals surface area contributed by atoms with E-state index < -0.39 is 18.3 Å². The molecule has 4 nitrogen and oxygen atoms in total. The number of hydrogen-bond acceptors (Lipinski definition) is 4. The van der Waals surface area contributed by atoms with Crippen LogP contribution in [0.4, 0.5) is 0 Å². The Labute approximate surface area is 113 Å². The summed E-state index contributed by atoms with van der Waals surface area (Å²) >= 11 is 0. The van der Waals surface area contributed by atoms with Crippen molar-refractivity contribution in [3.05, 3.63) is 24.3 Å². The maximum absolute atomic E-state index is 10.1. The molecule has 1 saturated heterocycles. The van der Waals surface area contributed by atoms with E-state index in [9.17, 15) is 10.2 Å². The third kappa shape index (κ3) is 3.26. The van der Waals surface area contributed by atoms with Crippen molar-refractivity contribution in [2.24, 2.45) is 0 Å². The van der Waals surface area contributed by atoms with Crippen LogP contribution in [0.5, 0.6) is 0 Å². The van der Waals surface area contributed by atoms with E-state index in [2.05, 4.69) is 5.92 Å². The van der Waals surface area contributed by atoms with Gasteiger partial charge in [-0.2, -0.15) is 0 Å². The second-order valence-electron chi connectivity index (χ2n) is 4.89. The van der Waals surface area contributed by atoms with Crippen molar-refractivity contribution in [3.63, 3.8) is 0 Å². The summed E-state index contributed by atoms with van der Waals surface area (Å²) in [4.78, 5) is 0. The summed E-state index contributed by atoms with van der Waals surface area (Å²) in [5.41, 5.74) is 0. The average molecular weight is 264 g/mol. The molecule has 0 radical (unpaired) electrons. The minimum Gasteiger partial charge on any atom is -0.386 e. The molecule has 2 aliphatic heterocycles. The molecular weight excluding hydrogens is 244 g/mol. The van der Waals surface area contributed by atoms with E-state index in [0.717, 1.165) is 6.42 Å². The Morgan fingerprint density at radius 3 is 2.89 bits per heavy atom. The minimum absolute atomic E-state index is 0.0615. The highest BCUT2D eigenvalue weighted by Gasteiger charge is 2.43. The third-order valence-electron chi connectivity index (χ3n) is 3.55. The van der Waals surface area contributed by atoms with Gasteiger partial charge in [0, 0.05) is 6.42 Å². The van der Waals surface area contributed by atoms with Gasteiger partial charge >= 0.3 is 0 Å². The second-order valence-corrected chi connectivity index (χ2v) is 4.89.